The average molecular weight is 479 g/mol. The van der Waals surface area contributed by atoms with Crippen LogP contribution in [0.3, 0.4) is 0 Å². The van der Waals surface area contributed by atoms with Gasteiger partial charge in [-0.1, -0.05) is 41.4 Å². The number of alkyl halides is 3. The van der Waals surface area contributed by atoms with Gasteiger partial charge in [0.25, 0.3) is 0 Å². The van der Waals surface area contributed by atoms with Gasteiger partial charge in [0.2, 0.25) is 5.95 Å². The minimum atomic E-state index is -4.57. The smallest absolute Gasteiger partial charge is 0.329 e. The fraction of sp³-hybridized carbons (Fsp3) is 0.273. The number of aromatic nitrogens is 2. The molecule has 0 aliphatic carbocycles. The molecule has 0 aliphatic rings. The summed E-state index contributed by atoms with van der Waals surface area (Å²) in [5.41, 5.74) is 1.70. The van der Waals surface area contributed by atoms with Gasteiger partial charge < -0.3 is 9.80 Å². The number of rotatable bonds is 6. The van der Waals surface area contributed by atoms with Gasteiger partial charge in [-0.05, 0) is 48.4 Å². The zero-order chi connectivity index (χ0) is 21.9. The van der Waals surface area contributed by atoms with Crippen molar-refractivity contribution in [2.24, 2.45) is 0 Å². The highest BCUT2D eigenvalue weighted by Gasteiger charge is 2.37. The Kier molecular flexibility index (Phi) is 6.65. The lowest BCUT2D eigenvalue weighted by atomic mass is 10.1. The molecule has 2 aromatic carbocycles. The Bertz CT molecular complexity index is 989. The maximum absolute atomic E-state index is 13.6. The van der Waals surface area contributed by atoms with Gasteiger partial charge in [-0.25, -0.2) is 4.98 Å². The zero-order valence-electron chi connectivity index (χ0n) is 16.9. The van der Waals surface area contributed by atoms with Crippen molar-refractivity contribution < 1.29 is 13.2 Å². The molecule has 0 saturated carbocycles. The number of hydrogen-bond acceptors (Lipinski definition) is 4. The standard InChI is InChI=1S/C22H22BrF3N4/c1-4-5-15-6-10-18(11-7-15)30(3)21-27-14-19(22(24,25)26)20(28-21)29(2)17-12-8-16(23)9-13-17/h6-14H,4-5H2,1-3H3. The molecule has 0 saturated heterocycles. The molecule has 3 rings (SSSR count). The van der Waals surface area contributed by atoms with Gasteiger partial charge in [0.05, 0.1) is 0 Å². The molecular formula is C22H22BrF3N4. The minimum Gasteiger partial charge on any atom is -0.329 e. The van der Waals surface area contributed by atoms with E-state index in [0.29, 0.717) is 5.69 Å². The first kappa shape index (κ1) is 22.1. The average Bonchev–Trinajstić information content (AvgIpc) is 2.73. The Morgan fingerprint density at radius 1 is 0.900 bits per heavy atom. The van der Waals surface area contributed by atoms with E-state index < -0.39 is 11.7 Å². The second-order valence-electron chi connectivity index (χ2n) is 6.92. The Balaban J connectivity index is 2.00. The van der Waals surface area contributed by atoms with Crippen LogP contribution in [-0.4, -0.2) is 24.1 Å². The molecule has 30 heavy (non-hydrogen) atoms. The molecule has 1 heterocycles. The first-order valence-corrected chi connectivity index (χ1v) is 10.3. The Hall–Kier alpha value is -2.61. The van der Waals surface area contributed by atoms with E-state index in [1.165, 1.54) is 10.5 Å². The molecule has 4 nitrogen and oxygen atoms in total. The summed E-state index contributed by atoms with van der Waals surface area (Å²) in [5, 5.41) is 0. The van der Waals surface area contributed by atoms with Crippen LogP contribution in [0.25, 0.3) is 0 Å². The van der Waals surface area contributed by atoms with E-state index in [9.17, 15) is 13.2 Å². The second-order valence-corrected chi connectivity index (χ2v) is 7.83. The summed E-state index contributed by atoms with van der Waals surface area (Å²) < 4.78 is 41.7. The predicted octanol–water partition coefficient (Wildman–Crippen LogP) is 6.75. The van der Waals surface area contributed by atoms with Gasteiger partial charge in [-0.2, -0.15) is 18.2 Å². The normalized spacial score (nSPS) is 11.4. The molecule has 0 radical (unpaired) electrons. The highest BCUT2D eigenvalue weighted by atomic mass is 79.9. The van der Waals surface area contributed by atoms with E-state index in [4.69, 9.17) is 0 Å². The summed E-state index contributed by atoms with van der Waals surface area (Å²) in [7, 11) is 3.30. The summed E-state index contributed by atoms with van der Waals surface area (Å²) in [4.78, 5) is 11.4. The first-order chi connectivity index (χ1) is 14.2. The van der Waals surface area contributed by atoms with Crippen molar-refractivity contribution in [1.82, 2.24) is 9.97 Å². The van der Waals surface area contributed by atoms with Crippen molar-refractivity contribution in [1.29, 1.82) is 0 Å². The summed E-state index contributed by atoms with van der Waals surface area (Å²) in [6, 6.07) is 14.8. The molecule has 8 heteroatoms. The zero-order valence-corrected chi connectivity index (χ0v) is 18.5. The van der Waals surface area contributed by atoms with Crippen LogP contribution in [0.4, 0.5) is 36.3 Å². The monoisotopic (exact) mass is 478 g/mol. The molecule has 0 aliphatic heterocycles. The fourth-order valence-electron chi connectivity index (χ4n) is 3.06. The van der Waals surface area contributed by atoms with Crippen molar-refractivity contribution in [3.05, 3.63) is 70.3 Å². The summed E-state index contributed by atoms with van der Waals surface area (Å²) in [5.74, 6) is -0.0190. The van der Waals surface area contributed by atoms with E-state index in [0.717, 1.165) is 29.2 Å². The van der Waals surface area contributed by atoms with Crippen LogP contribution in [0.15, 0.2) is 59.2 Å². The lowest BCUT2D eigenvalue weighted by molar-refractivity contribution is -0.137. The maximum atomic E-state index is 13.6. The van der Waals surface area contributed by atoms with E-state index in [1.54, 1.807) is 43.3 Å². The molecular weight excluding hydrogens is 457 g/mol. The van der Waals surface area contributed by atoms with E-state index in [-0.39, 0.29) is 11.8 Å². The molecule has 1 aromatic heterocycles. The predicted molar refractivity (Wildman–Crippen MR) is 118 cm³/mol. The van der Waals surface area contributed by atoms with Gasteiger partial charge in [-0.3, -0.25) is 0 Å². The Labute approximate surface area is 182 Å². The summed E-state index contributed by atoms with van der Waals surface area (Å²) in [6.45, 7) is 2.11. The van der Waals surface area contributed by atoms with E-state index in [2.05, 4.69) is 32.8 Å². The van der Waals surface area contributed by atoms with Crippen LogP contribution < -0.4 is 9.80 Å². The SMILES string of the molecule is CCCc1ccc(N(C)c2ncc(C(F)(F)F)c(N(C)c3ccc(Br)cc3)n2)cc1. The van der Waals surface area contributed by atoms with Crippen molar-refractivity contribution in [2.75, 3.05) is 23.9 Å². The van der Waals surface area contributed by atoms with Crippen LogP contribution in [0.5, 0.6) is 0 Å². The highest BCUT2D eigenvalue weighted by Crippen LogP contribution is 2.38. The molecule has 0 spiro atoms. The Morgan fingerprint density at radius 2 is 1.47 bits per heavy atom. The number of halogens is 4. The van der Waals surface area contributed by atoms with Crippen LogP contribution >= 0.6 is 15.9 Å². The number of nitrogens with zero attached hydrogens (tertiary/aromatic N) is 4. The quantitative estimate of drug-likeness (QED) is 0.392. The first-order valence-electron chi connectivity index (χ1n) is 9.47. The number of anilines is 4. The molecule has 0 bridgehead atoms. The summed E-state index contributed by atoms with van der Waals surface area (Å²) in [6.07, 6.45) is -1.71. The van der Waals surface area contributed by atoms with E-state index >= 15 is 0 Å². The van der Waals surface area contributed by atoms with Crippen molar-refractivity contribution in [2.45, 2.75) is 25.9 Å². The van der Waals surface area contributed by atoms with Gasteiger partial charge >= 0.3 is 6.18 Å². The van der Waals surface area contributed by atoms with Crippen LogP contribution in [0.2, 0.25) is 0 Å². The molecule has 0 amide bonds. The van der Waals surface area contributed by atoms with E-state index in [1.807, 2.05) is 24.3 Å². The Morgan fingerprint density at radius 3 is 2.03 bits per heavy atom. The molecule has 3 aromatic rings. The van der Waals surface area contributed by atoms with Crippen molar-refractivity contribution in [3.8, 4) is 0 Å². The van der Waals surface area contributed by atoms with Crippen LogP contribution in [0, 0.1) is 0 Å². The molecule has 0 atom stereocenters. The number of hydrogen-bond donors (Lipinski definition) is 0. The molecule has 158 valence electrons. The maximum Gasteiger partial charge on any atom is 0.421 e. The third-order valence-electron chi connectivity index (χ3n) is 4.76. The van der Waals surface area contributed by atoms with Gasteiger partial charge in [0.1, 0.15) is 5.56 Å². The topological polar surface area (TPSA) is 32.3 Å². The number of aryl methyl sites for hydroxylation is 1. The second kappa shape index (κ2) is 9.04. The van der Waals surface area contributed by atoms with Gasteiger partial charge in [0, 0.05) is 36.1 Å². The van der Waals surface area contributed by atoms with Gasteiger partial charge in [-0.15, -0.1) is 0 Å². The minimum absolute atomic E-state index is 0.185. The largest absolute Gasteiger partial charge is 0.421 e. The van der Waals surface area contributed by atoms with Crippen LogP contribution in [-0.2, 0) is 12.6 Å². The third-order valence-corrected chi connectivity index (χ3v) is 5.28. The van der Waals surface area contributed by atoms with Gasteiger partial charge in [0.15, 0.2) is 5.82 Å². The number of benzene rings is 2. The molecule has 0 fully saturated rings. The van der Waals surface area contributed by atoms with Crippen molar-refractivity contribution >= 4 is 39.1 Å². The lowest BCUT2D eigenvalue weighted by Gasteiger charge is -2.25. The third kappa shape index (κ3) is 4.92. The summed E-state index contributed by atoms with van der Waals surface area (Å²) >= 11 is 3.34. The molecule has 0 N–H and O–H groups in total. The van der Waals surface area contributed by atoms with Crippen molar-refractivity contribution in [3.63, 3.8) is 0 Å². The van der Waals surface area contributed by atoms with Crippen LogP contribution in [0.1, 0.15) is 24.5 Å². The lowest BCUT2D eigenvalue weighted by Crippen LogP contribution is -2.21. The highest BCUT2D eigenvalue weighted by molar-refractivity contribution is 9.10. The molecule has 0 unspecified atom stereocenters. The fourth-order valence-corrected chi connectivity index (χ4v) is 3.32.